The number of carbonyl (C=O) groups is 1. The molecule has 0 aliphatic rings. The van der Waals surface area contributed by atoms with Gasteiger partial charge in [-0.2, -0.15) is 10.9 Å². The van der Waals surface area contributed by atoms with Crippen LogP contribution in [0.3, 0.4) is 0 Å². The molecule has 4 rings (SSSR count). The Morgan fingerprint density at radius 3 is 1.88 bits per heavy atom. The van der Waals surface area contributed by atoms with Gasteiger partial charge in [0.1, 0.15) is 11.3 Å². The predicted molar refractivity (Wildman–Crippen MR) is 135 cm³/mol. The molecular formula is C29H28O3S. The lowest BCUT2D eigenvalue weighted by Gasteiger charge is -2.28. The molecule has 0 saturated carbocycles. The van der Waals surface area contributed by atoms with Gasteiger partial charge in [0.25, 0.3) is 0 Å². The molecule has 2 N–H and O–H groups in total. The SMILES string of the molecule is CC(C)(Cc1cccc([SH](c2ccccc2)c2ccccc2)c1)c1ccc(C(=O)O)c(O)c1. The minimum absolute atomic E-state index is 0.0760. The number of benzene rings is 4. The third-order valence-electron chi connectivity index (χ3n) is 5.85. The number of rotatable bonds is 7. The molecule has 0 aliphatic carbocycles. The fourth-order valence-corrected chi connectivity index (χ4v) is 6.52. The summed E-state index contributed by atoms with van der Waals surface area (Å²) in [6, 6.07) is 34.9. The number of thiol groups is 1. The lowest BCUT2D eigenvalue weighted by Crippen LogP contribution is -2.20. The van der Waals surface area contributed by atoms with Crippen LogP contribution in [0.1, 0.15) is 35.3 Å². The van der Waals surface area contributed by atoms with Crippen LogP contribution in [-0.2, 0) is 11.8 Å². The molecule has 0 unspecified atom stereocenters. The Morgan fingerprint density at radius 2 is 1.33 bits per heavy atom. The molecule has 0 fully saturated rings. The van der Waals surface area contributed by atoms with Crippen LogP contribution < -0.4 is 0 Å². The van der Waals surface area contributed by atoms with E-state index in [0.29, 0.717) is 0 Å². The van der Waals surface area contributed by atoms with E-state index in [1.54, 1.807) is 12.1 Å². The van der Waals surface area contributed by atoms with Gasteiger partial charge in [-0.05, 0) is 86.2 Å². The van der Waals surface area contributed by atoms with Crippen molar-refractivity contribution in [2.75, 3.05) is 0 Å². The molecular weight excluding hydrogens is 428 g/mol. The topological polar surface area (TPSA) is 57.5 Å². The molecule has 4 heteroatoms. The number of hydrogen-bond acceptors (Lipinski definition) is 2. The number of carboxylic acid groups (broad SMARTS) is 1. The van der Waals surface area contributed by atoms with Crippen molar-refractivity contribution in [1.29, 1.82) is 0 Å². The van der Waals surface area contributed by atoms with E-state index in [2.05, 4.69) is 86.6 Å². The lowest BCUT2D eigenvalue weighted by atomic mass is 9.79. The fraction of sp³-hybridized carbons (Fsp3) is 0.138. The number of phenols is 1. The Bertz CT molecular complexity index is 1210. The molecule has 0 spiro atoms. The van der Waals surface area contributed by atoms with E-state index in [0.717, 1.165) is 12.0 Å². The molecule has 3 nitrogen and oxygen atoms in total. The second kappa shape index (κ2) is 9.55. The first-order valence-corrected chi connectivity index (χ1v) is 12.3. The van der Waals surface area contributed by atoms with Crippen molar-refractivity contribution < 1.29 is 15.0 Å². The first kappa shape index (κ1) is 22.7. The Kier molecular flexibility index (Phi) is 6.57. The number of aromatic carboxylic acids is 1. The maximum Gasteiger partial charge on any atom is 0.339 e. The van der Waals surface area contributed by atoms with E-state index < -0.39 is 16.9 Å². The normalized spacial score (nSPS) is 11.8. The largest absolute Gasteiger partial charge is 0.507 e. The van der Waals surface area contributed by atoms with E-state index in [4.69, 9.17) is 0 Å². The third kappa shape index (κ3) is 5.12. The molecule has 4 aromatic rings. The third-order valence-corrected chi connectivity index (χ3v) is 8.28. The van der Waals surface area contributed by atoms with Crippen molar-refractivity contribution in [3.8, 4) is 5.75 Å². The molecule has 0 amide bonds. The molecule has 0 bridgehead atoms. The van der Waals surface area contributed by atoms with Crippen molar-refractivity contribution >= 4 is 16.9 Å². The average molecular weight is 457 g/mol. The second-order valence-corrected chi connectivity index (χ2v) is 11.0. The molecule has 0 aromatic heterocycles. The first-order valence-electron chi connectivity index (χ1n) is 10.9. The first-order chi connectivity index (χ1) is 15.8. The highest BCUT2D eigenvalue weighted by Crippen LogP contribution is 2.51. The zero-order chi connectivity index (χ0) is 23.4. The van der Waals surface area contributed by atoms with Gasteiger partial charge in [0.2, 0.25) is 0 Å². The molecule has 0 aliphatic heterocycles. The van der Waals surface area contributed by atoms with E-state index in [1.807, 2.05) is 12.1 Å². The summed E-state index contributed by atoms with van der Waals surface area (Å²) in [7, 11) is -0.680. The van der Waals surface area contributed by atoms with E-state index in [-0.39, 0.29) is 16.7 Å². The maximum absolute atomic E-state index is 11.3. The van der Waals surface area contributed by atoms with Gasteiger partial charge in [-0.3, -0.25) is 0 Å². The van der Waals surface area contributed by atoms with Crippen LogP contribution in [0, 0.1) is 0 Å². The molecule has 0 saturated heterocycles. The minimum atomic E-state index is -1.13. The number of carboxylic acids is 1. The highest BCUT2D eigenvalue weighted by atomic mass is 32.2. The van der Waals surface area contributed by atoms with Gasteiger partial charge < -0.3 is 10.2 Å². The van der Waals surface area contributed by atoms with Crippen LogP contribution in [0.4, 0.5) is 0 Å². The average Bonchev–Trinajstić information content (AvgIpc) is 2.80. The van der Waals surface area contributed by atoms with Crippen LogP contribution in [-0.4, -0.2) is 16.2 Å². The predicted octanol–water partition coefficient (Wildman–Crippen LogP) is 7.09. The van der Waals surface area contributed by atoms with E-state index in [1.165, 1.54) is 26.3 Å². The summed E-state index contributed by atoms with van der Waals surface area (Å²) in [5.41, 5.74) is 1.76. The van der Waals surface area contributed by atoms with Crippen LogP contribution >= 0.6 is 10.9 Å². The molecule has 0 atom stereocenters. The summed E-state index contributed by atoms with van der Waals surface area (Å²) in [5.74, 6) is -1.32. The summed E-state index contributed by atoms with van der Waals surface area (Å²) in [4.78, 5) is 15.2. The van der Waals surface area contributed by atoms with Gasteiger partial charge in [-0.15, -0.1) is 0 Å². The zero-order valence-electron chi connectivity index (χ0n) is 18.8. The van der Waals surface area contributed by atoms with Crippen molar-refractivity contribution in [2.45, 2.75) is 40.4 Å². The quantitative estimate of drug-likeness (QED) is 0.260. The lowest BCUT2D eigenvalue weighted by molar-refractivity contribution is 0.0693. The Morgan fingerprint density at radius 1 is 0.758 bits per heavy atom. The smallest absolute Gasteiger partial charge is 0.339 e. The monoisotopic (exact) mass is 456 g/mol. The Hall–Kier alpha value is -3.50. The van der Waals surface area contributed by atoms with E-state index >= 15 is 0 Å². The summed E-state index contributed by atoms with van der Waals surface area (Å²) in [5, 5.41) is 19.4. The van der Waals surface area contributed by atoms with Gasteiger partial charge >= 0.3 is 5.97 Å². The standard InChI is InChI=1S/C29H28O3S/c1-29(2,22-16-17-26(28(31)32)27(30)19-22)20-21-10-9-15-25(18-21)33(23-11-5-3-6-12-23)24-13-7-4-8-14-24/h3-19,30,33H,20H2,1-2H3,(H,31,32). The van der Waals surface area contributed by atoms with Gasteiger partial charge in [0, 0.05) is 0 Å². The number of aromatic hydroxyl groups is 1. The summed E-state index contributed by atoms with van der Waals surface area (Å²) in [6.07, 6.45) is 0.763. The van der Waals surface area contributed by atoms with E-state index in [9.17, 15) is 15.0 Å². The van der Waals surface area contributed by atoms with Crippen molar-refractivity contribution in [3.63, 3.8) is 0 Å². The van der Waals surface area contributed by atoms with Gasteiger partial charge in [-0.1, -0.05) is 68.4 Å². The van der Waals surface area contributed by atoms with Crippen LogP contribution in [0.5, 0.6) is 5.75 Å². The summed E-state index contributed by atoms with van der Waals surface area (Å²) < 4.78 is 0. The zero-order valence-corrected chi connectivity index (χ0v) is 19.7. The molecule has 33 heavy (non-hydrogen) atoms. The Labute approximate surface area is 197 Å². The summed E-state index contributed by atoms with van der Waals surface area (Å²) in [6.45, 7) is 4.23. The highest BCUT2D eigenvalue weighted by molar-refractivity contribution is 8.17. The van der Waals surface area contributed by atoms with Crippen molar-refractivity contribution in [2.24, 2.45) is 0 Å². The molecule has 0 heterocycles. The Balaban J connectivity index is 1.68. The number of hydrogen-bond donors (Lipinski definition) is 3. The van der Waals surface area contributed by atoms with Crippen LogP contribution in [0.2, 0.25) is 0 Å². The van der Waals surface area contributed by atoms with Crippen LogP contribution in [0.25, 0.3) is 0 Å². The highest BCUT2D eigenvalue weighted by Gasteiger charge is 2.24. The molecule has 168 valence electrons. The maximum atomic E-state index is 11.3. The van der Waals surface area contributed by atoms with Gasteiger partial charge in [0.05, 0.1) is 0 Å². The van der Waals surface area contributed by atoms with Gasteiger partial charge in [0.15, 0.2) is 0 Å². The van der Waals surface area contributed by atoms with Crippen LogP contribution in [0.15, 0.2) is 118 Å². The van der Waals surface area contributed by atoms with Crippen molar-refractivity contribution in [1.82, 2.24) is 0 Å². The molecule has 0 radical (unpaired) electrons. The molecule has 4 aromatic carbocycles. The van der Waals surface area contributed by atoms with Gasteiger partial charge in [-0.25, -0.2) is 4.79 Å². The minimum Gasteiger partial charge on any atom is -0.507 e. The van der Waals surface area contributed by atoms with Crippen molar-refractivity contribution in [3.05, 3.63) is 120 Å². The summed E-state index contributed by atoms with van der Waals surface area (Å²) >= 11 is 0. The second-order valence-electron chi connectivity index (χ2n) is 8.77. The fourth-order valence-electron chi connectivity index (χ4n) is 4.15.